The third-order valence-corrected chi connectivity index (χ3v) is 4.06. The molecular weight excluding hydrogens is 350 g/mol. The number of rotatable bonds is 9. The summed E-state index contributed by atoms with van der Waals surface area (Å²) in [6.45, 7) is 1.05. The van der Waals surface area contributed by atoms with Gasteiger partial charge in [0.15, 0.2) is 29.5 Å². The van der Waals surface area contributed by atoms with Crippen LogP contribution in [0.25, 0.3) is 11.2 Å². The number of hydrogen-bond acceptors (Lipinski definition) is 8. The highest BCUT2D eigenvalue weighted by Gasteiger charge is 2.20. The Labute approximate surface area is 156 Å². The standard InChI is InChI=1S/C18H23N5O4/c1-12(7-13-5-3-2-4-6-13)22-17-16-18(20-10-19-17)23(11-21-16)14(8-24)27-15(26)9-25/h2-6,10-12,14-15,24-26H,7-9H2,1H3,(H,19,20,22)/t12-,14?,15?/m1/s1. The molecular formula is C18H23N5O4. The molecule has 0 aliphatic rings. The van der Waals surface area contributed by atoms with Crippen molar-refractivity contribution < 1.29 is 20.1 Å². The second kappa shape index (κ2) is 8.87. The minimum Gasteiger partial charge on any atom is -0.392 e. The van der Waals surface area contributed by atoms with Gasteiger partial charge in [-0.3, -0.25) is 4.57 Å². The van der Waals surface area contributed by atoms with Crippen molar-refractivity contribution in [3.05, 3.63) is 48.5 Å². The van der Waals surface area contributed by atoms with Crippen molar-refractivity contribution in [3.8, 4) is 0 Å². The van der Waals surface area contributed by atoms with Gasteiger partial charge >= 0.3 is 0 Å². The number of hydrogen-bond donors (Lipinski definition) is 4. The maximum absolute atomic E-state index is 9.56. The van der Waals surface area contributed by atoms with Crippen LogP contribution in [0.5, 0.6) is 0 Å². The molecule has 0 saturated heterocycles. The van der Waals surface area contributed by atoms with Gasteiger partial charge in [-0.15, -0.1) is 0 Å². The smallest absolute Gasteiger partial charge is 0.180 e. The monoisotopic (exact) mass is 373 g/mol. The first-order valence-corrected chi connectivity index (χ1v) is 8.65. The molecule has 0 spiro atoms. The molecule has 3 aromatic rings. The lowest BCUT2D eigenvalue weighted by molar-refractivity contribution is -0.187. The van der Waals surface area contributed by atoms with E-state index in [-0.39, 0.29) is 6.04 Å². The van der Waals surface area contributed by atoms with Crippen LogP contribution in [-0.2, 0) is 11.2 Å². The molecule has 0 bridgehead atoms. The summed E-state index contributed by atoms with van der Waals surface area (Å²) in [6.07, 6.45) is 1.33. The minimum atomic E-state index is -1.41. The average molecular weight is 373 g/mol. The van der Waals surface area contributed by atoms with Gasteiger partial charge in [-0.2, -0.15) is 0 Å². The fourth-order valence-electron chi connectivity index (χ4n) is 2.84. The van der Waals surface area contributed by atoms with Crippen LogP contribution in [0.4, 0.5) is 5.82 Å². The van der Waals surface area contributed by atoms with Gasteiger partial charge in [0, 0.05) is 6.04 Å². The van der Waals surface area contributed by atoms with Crippen molar-refractivity contribution in [3.63, 3.8) is 0 Å². The van der Waals surface area contributed by atoms with E-state index in [4.69, 9.17) is 9.84 Å². The van der Waals surface area contributed by atoms with Crippen LogP contribution in [0, 0.1) is 0 Å². The van der Waals surface area contributed by atoms with E-state index in [9.17, 15) is 10.2 Å². The Morgan fingerprint density at radius 1 is 1.11 bits per heavy atom. The number of ether oxygens (including phenoxy) is 1. The normalized spacial score (nSPS) is 14.8. The quantitative estimate of drug-likeness (QED) is 0.404. The molecule has 0 aliphatic heterocycles. The molecule has 0 aliphatic carbocycles. The van der Waals surface area contributed by atoms with E-state index in [1.165, 1.54) is 22.8 Å². The summed E-state index contributed by atoms with van der Waals surface area (Å²) in [4.78, 5) is 12.8. The number of fused-ring (bicyclic) bond motifs is 1. The molecule has 1 aromatic carbocycles. The average Bonchev–Trinajstić information content (AvgIpc) is 3.11. The van der Waals surface area contributed by atoms with Crippen LogP contribution in [0.15, 0.2) is 43.0 Å². The number of benzene rings is 1. The zero-order valence-corrected chi connectivity index (χ0v) is 14.9. The topological polar surface area (TPSA) is 126 Å². The highest BCUT2D eigenvalue weighted by Crippen LogP contribution is 2.22. The fourth-order valence-corrected chi connectivity index (χ4v) is 2.84. The van der Waals surface area contributed by atoms with Gasteiger partial charge in [0.25, 0.3) is 0 Å². The summed E-state index contributed by atoms with van der Waals surface area (Å²) in [6, 6.07) is 10.2. The Morgan fingerprint density at radius 3 is 2.59 bits per heavy atom. The molecule has 3 atom stereocenters. The molecule has 9 nitrogen and oxygen atoms in total. The first-order chi connectivity index (χ1) is 13.1. The predicted octanol–water partition coefficient (Wildman–Crippen LogP) is 0.688. The van der Waals surface area contributed by atoms with Crippen molar-refractivity contribution in [2.45, 2.75) is 31.9 Å². The van der Waals surface area contributed by atoms with Crippen molar-refractivity contribution in [1.82, 2.24) is 19.5 Å². The summed E-state index contributed by atoms with van der Waals surface area (Å²) in [5.74, 6) is 0.571. The summed E-state index contributed by atoms with van der Waals surface area (Å²) in [7, 11) is 0. The highest BCUT2D eigenvalue weighted by molar-refractivity contribution is 5.82. The summed E-state index contributed by atoms with van der Waals surface area (Å²) >= 11 is 0. The van der Waals surface area contributed by atoms with E-state index in [1.54, 1.807) is 0 Å². The number of aliphatic hydroxyl groups excluding tert-OH is 3. The van der Waals surface area contributed by atoms with Crippen LogP contribution in [0.3, 0.4) is 0 Å². The Hall–Kier alpha value is -2.59. The van der Waals surface area contributed by atoms with E-state index >= 15 is 0 Å². The molecule has 2 aromatic heterocycles. The zero-order chi connectivity index (χ0) is 19.2. The van der Waals surface area contributed by atoms with Crippen molar-refractivity contribution in [2.75, 3.05) is 18.5 Å². The lowest BCUT2D eigenvalue weighted by Crippen LogP contribution is -2.25. The van der Waals surface area contributed by atoms with Gasteiger partial charge in [0.1, 0.15) is 6.33 Å². The van der Waals surface area contributed by atoms with Gasteiger partial charge in [-0.1, -0.05) is 30.3 Å². The third-order valence-electron chi connectivity index (χ3n) is 4.06. The number of nitrogens with zero attached hydrogens (tertiary/aromatic N) is 4. The molecule has 2 heterocycles. The Balaban J connectivity index is 1.80. The van der Waals surface area contributed by atoms with Gasteiger partial charge < -0.3 is 25.4 Å². The number of nitrogens with one attached hydrogen (secondary N) is 1. The summed E-state index contributed by atoms with van der Waals surface area (Å²) in [5.41, 5.74) is 2.18. The molecule has 0 fully saturated rings. The first kappa shape index (κ1) is 19.2. The molecule has 0 radical (unpaired) electrons. The Kier molecular flexibility index (Phi) is 6.30. The molecule has 0 saturated carbocycles. The number of anilines is 1. The minimum absolute atomic E-state index is 0.108. The van der Waals surface area contributed by atoms with E-state index in [2.05, 4.69) is 39.3 Å². The van der Waals surface area contributed by atoms with Crippen LogP contribution in [-0.4, -0.2) is 60.4 Å². The molecule has 0 amide bonds. The first-order valence-electron chi connectivity index (χ1n) is 8.65. The van der Waals surface area contributed by atoms with Crippen molar-refractivity contribution >= 4 is 17.0 Å². The number of imidazole rings is 1. The number of aromatic nitrogens is 4. The molecule has 2 unspecified atom stereocenters. The molecule has 144 valence electrons. The van der Waals surface area contributed by atoms with Gasteiger partial charge in [-0.05, 0) is 18.9 Å². The second-order valence-corrected chi connectivity index (χ2v) is 6.19. The molecule has 27 heavy (non-hydrogen) atoms. The number of aliphatic hydroxyl groups is 3. The predicted molar refractivity (Wildman–Crippen MR) is 98.9 cm³/mol. The van der Waals surface area contributed by atoms with Crippen LogP contribution < -0.4 is 5.32 Å². The third kappa shape index (κ3) is 4.58. The Bertz CT molecular complexity index is 857. The SMILES string of the molecule is C[C@H](Cc1ccccc1)Nc1ncnc2c1ncn2C(CO)OC(O)CO. The van der Waals surface area contributed by atoms with E-state index in [0.29, 0.717) is 17.0 Å². The largest absolute Gasteiger partial charge is 0.392 e. The molecule has 3 rings (SSSR count). The van der Waals surface area contributed by atoms with Crippen molar-refractivity contribution in [1.29, 1.82) is 0 Å². The van der Waals surface area contributed by atoms with Gasteiger partial charge in [-0.25, -0.2) is 15.0 Å². The second-order valence-electron chi connectivity index (χ2n) is 6.19. The Morgan fingerprint density at radius 2 is 1.89 bits per heavy atom. The van der Waals surface area contributed by atoms with Crippen LogP contribution >= 0.6 is 0 Å². The maximum Gasteiger partial charge on any atom is 0.180 e. The van der Waals surface area contributed by atoms with Crippen LogP contribution in [0.2, 0.25) is 0 Å². The van der Waals surface area contributed by atoms with Crippen LogP contribution in [0.1, 0.15) is 18.7 Å². The summed E-state index contributed by atoms with van der Waals surface area (Å²) in [5, 5.41) is 31.3. The maximum atomic E-state index is 9.56. The van der Waals surface area contributed by atoms with E-state index in [0.717, 1.165) is 6.42 Å². The highest BCUT2D eigenvalue weighted by atomic mass is 16.6. The van der Waals surface area contributed by atoms with E-state index in [1.807, 2.05) is 18.2 Å². The molecule has 4 N–H and O–H groups in total. The van der Waals surface area contributed by atoms with Gasteiger partial charge in [0.2, 0.25) is 0 Å². The zero-order valence-electron chi connectivity index (χ0n) is 14.9. The lowest BCUT2D eigenvalue weighted by atomic mass is 10.1. The summed E-state index contributed by atoms with van der Waals surface area (Å²) < 4.78 is 6.69. The van der Waals surface area contributed by atoms with E-state index < -0.39 is 25.7 Å². The van der Waals surface area contributed by atoms with Gasteiger partial charge in [0.05, 0.1) is 19.5 Å². The fraction of sp³-hybridized carbons (Fsp3) is 0.389. The van der Waals surface area contributed by atoms with Crippen molar-refractivity contribution in [2.24, 2.45) is 0 Å². The lowest BCUT2D eigenvalue weighted by Gasteiger charge is -2.20. The molecule has 9 heteroatoms.